The van der Waals surface area contributed by atoms with Gasteiger partial charge in [-0.2, -0.15) is 0 Å². The van der Waals surface area contributed by atoms with E-state index in [1.165, 1.54) is 0 Å². The highest BCUT2D eigenvalue weighted by Crippen LogP contribution is 2.42. The summed E-state index contributed by atoms with van der Waals surface area (Å²) in [6, 6.07) is 82.7. The van der Waals surface area contributed by atoms with Crippen molar-refractivity contribution in [3.63, 3.8) is 0 Å². The monoisotopic (exact) mass is 1170 g/mol. The van der Waals surface area contributed by atoms with Crippen LogP contribution in [0, 0.1) is 0 Å². The first kappa shape index (κ1) is 59.8. The topological polar surface area (TPSA) is 164 Å². The Balaban J connectivity index is 1.02. The average molecular weight is 1170 g/mol. The van der Waals surface area contributed by atoms with Crippen LogP contribution in [0.25, 0.3) is 0 Å². The number of aliphatic hydroxyl groups excluding tert-OH is 1. The Hall–Kier alpha value is -8.93. The van der Waals surface area contributed by atoms with Gasteiger partial charge in [0.2, 0.25) is 0 Å². The second kappa shape index (κ2) is 29.4. The molecule has 0 saturated carbocycles. The number of carbonyl (C=O) groups excluding carboxylic acids is 3. The molecule has 1 N–H and O–H groups in total. The third-order valence-corrected chi connectivity index (χ3v) is 15.2. The fourth-order valence-electron chi connectivity index (χ4n) is 10.9. The van der Waals surface area contributed by atoms with Crippen LogP contribution in [0.2, 0.25) is 0 Å². The van der Waals surface area contributed by atoms with Crippen molar-refractivity contribution < 1.29 is 66.9 Å². The standard InChI is InChI=1S/C73H66O14/c74-68(54-34-16-4-17-35-54)85-63-61(50-82-73(57-40-22-7-23-41-57,58-42-24-8-25-43-58)59-44-26-9-27-45-59)84-72(67(87-70(76)56-38-20-6-21-39-56)65(63)86-69(75)55-36-18-5-19-37-55)81-49-60-62(78-46-51-28-10-1-11-29-51)64(79-47-52-30-12-2-13-31-52)66(71(77)83-60)80-48-53-32-14-3-15-33-53/h1-45,60-67,71-72,77H,46-50H2/t60-,61-,62-,63-,64+,65+,66-,67-,71+,72-/m1/s1. The van der Waals surface area contributed by atoms with Crippen molar-refractivity contribution >= 4 is 17.9 Å². The number of ether oxygens (including phenoxy) is 10. The number of esters is 3. The SMILES string of the molecule is O=C(O[C@@H]1[C@@H](OC(=O)c2ccccc2)[C@H](OC[C@H]2O[C@H](O)[C@H](OCc3ccccc3)[C@@H](OCc3ccccc3)[C@@H]2OCc2ccccc2)O[C@H](COC(c2ccccc2)(c2ccccc2)c2ccccc2)[C@H]1OC(=O)c1ccccc1)c1ccccc1. The molecule has 0 aliphatic carbocycles. The van der Waals surface area contributed by atoms with Gasteiger partial charge in [0, 0.05) is 0 Å². The highest BCUT2D eigenvalue weighted by atomic mass is 16.7. The molecule has 14 nitrogen and oxygen atoms in total. The van der Waals surface area contributed by atoms with Gasteiger partial charge in [-0.25, -0.2) is 14.4 Å². The van der Waals surface area contributed by atoms with Gasteiger partial charge in [-0.1, -0.05) is 237 Å². The van der Waals surface area contributed by atoms with Gasteiger partial charge < -0.3 is 52.5 Å². The Morgan fingerprint density at radius 2 is 0.655 bits per heavy atom. The van der Waals surface area contributed by atoms with E-state index in [4.69, 9.17) is 47.4 Å². The van der Waals surface area contributed by atoms with E-state index in [1.807, 2.05) is 182 Å². The van der Waals surface area contributed by atoms with E-state index in [-0.39, 0.29) is 43.1 Å². The fraction of sp³-hybridized carbons (Fsp3) is 0.219. The molecule has 442 valence electrons. The van der Waals surface area contributed by atoms with E-state index in [1.54, 1.807) is 91.0 Å². The molecule has 2 heterocycles. The molecule has 2 aliphatic rings. The molecule has 9 aromatic carbocycles. The zero-order valence-corrected chi connectivity index (χ0v) is 47.5. The van der Waals surface area contributed by atoms with Crippen molar-refractivity contribution in [2.75, 3.05) is 13.2 Å². The minimum absolute atomic E-state index is 0.0900. The zero-order chi connectivity index (χ0) is 59.6. The molecule has 0 aromatic heterocycles. The van der Waals surface area contributed by atoms with Gasteiger partial charge >= 0.3 is 17.9 Å². The smallest absolute Gasteiger partial charge is 0.338 e. The van der Waals surface area contributed by atoms with Crippen LogP contribution in [-0.2, 0) is 72.8 Å². The molecule has 0 spiro atoms. The van der Waals surface area contributed by atoms with E-state index >= 15 is 0 Å². The molecule has 10 atom stereocenters. The summed E-state index contributed by atoms with van der Waals surface area (Å²) < 4.78 is 67.8. The molecule has 2 saturated heterocycles. The molecule has 11 rings (SSSR count). The van der Waals surface area contributed by atoms with Gasteiger partial charge in [-0.15, -0.1) is 0 Å². The van der Waals surface area contributed by atoms with Gasteiger partial charge in [0.05, 0.1) is 49.7 Å². The van der Waals surface area contributed by atoms with E-state index in [0.29, 0.717) is 0 Å². The Labute approximate surface area is 505 Å². The summed E-state index contributed by atoms with van der Waals surface area (Å²) in [6.45, 7) is -0.466. The molecule has 0 amide bonds. The molecule has 9 aromatic rings. The summed E-state index contributed by atoms with van der Waals surface area (Å²) in [4.78, 5) is 44.1. The van der Waals surface area contributed by atoms with Crippen molar-refractivity contribution in [1.82, 2.24) is 0 Å². The quantitative estimate of drug-likeness (QED) is 0.0345. The first-order valence-electron chi connectivity index (χ1n) is 29.0. The van der Waals surface area contributed by atoms with Crippen molar-refractivity contribution in [1.29, 1.82) is 0 Å². The summed E-state index contributed by atoms with van der Waals surface area (Å²) in [6.07, 6.45) is -13.7. The van der Waals surface area contributed by atoms with Crippen molar-refractivity contribution in [2.24, 2.45) is 0 Å². The van der Waals surface area contributed by atoms with Crippen LogP contribution in [0.5, 0.6) is 0 Å². The number of hydrogen-bond acceptors (Lipinski definition) is 14. The number of benzene rings is 9. The maximum Gasteiger partial charge on any atom is 0.338 e. The number of hydrogen-bond donors (Lipinski definition) is 1. The van der Waals surface area contributed by atoms with Gasteiger partial charge in [0.25, 0.3) is 0 Å². The van der Waals surface area contributed by atoms with Crippen LogP contribution in [-0.4, -0.2) is 97.6 Å². The number of rotatable bonds is 24. The van der Waals surface area contributed by atoms with Crippen LogP contribution in [0.15, 0.2) is 273 Å². The molecule has 14 heteroatoms. The average Bonchev–Trinajstić information content (AvgIpc) is 1.21. The molecule has 0 bridgehead atoms. The van der Waals surface area contributed by atoms with Crippen molar-refractivity contribution in [3.8, 4) is 0 Å². The minimum atomic E-state index is -1.68. The van der Waals surface area contributed by atoms with E-state index < -0.39 is 91.5 Å². The van der Waals surface area contributed by atoms with Crippen molar-refractivity contribution in [3.05, 3.63) is 323 Å². The van der Waals surface area contributed by atoms with E-state index in [9.17, 15) is 19.5 Å². The van der Waals surface area contributed by atoms with Gasteiger partial charge in [-0.05, 0) is 69.8 Å². The summed E-state index contributed by atoms with van der Waals surface area (Å²) in [5.41, 5.74) is 3.98. The van der Waals surface area contributed by atoms with E-state index in [2.05, 4.69) is 0 Å². The molecule has 87 heavy (non-hydrogen) atoms. The Morgan fingerprint density at radius 1 is 0.333 bits per heavy atom. The highest BCUT2D eigenvalue weighted by molar-refractivity contribution is 5.91. The van der Waals surface area contributed by atoms with Crippen LogP contribution >= 0.6 is 0 Å². The van der Waals surface area contributed by atoms with Crippen LogP contribution in [0.3, 0.4) is 0 Å². The Kier molecular flexibility index (Phi) is 20.2. The number of carbonyl (C=O) groups is 3. The molecular formula is C73H66O14. The number of aliphatic hydroxyl groups is 1. The maximum absolute atomic E-state index is 14.7. The lowest BCUT2D eigenvalue weighted by molar-refractivity contribution is -0.338. The Morgan fingerprint density at radius 3 is 1.06 bits per heavy atom. The van der Waals surface area contributed by atoms with Gasteiger partial charge in [-0.3, -0.25) is 0 Å². The summed E-state index contributed by atoms with van der Waals surface area (Å²) in [5.74, 6) is -2.46. The first-order chi connectivity index (χ1) is 42.8. The summed E-state index contributed by atoms with van der Waals surface area (Å²) in [7, 11) is 0. The lowest BCUT2D eigenvalue weighted by Crippen LogP contribution is -2.64. The van der Waals surface area contributed by atoms with E-state index in [0.717, 1.165) is 33.4 Å². The first-order valence-corrected chi connectivity index (χ1v) is 29.0. The second-order valence-corrected chi connectivity index (χ2v) is 21.0. The predicted molar refractivity (Wildman–Crippen MR) is 323 cm³/mol. The van der Waals surface area contributed by atoms with Crippen molar-refractivity contribution in [2.45, 2.75) is 86.8 Å². The van der Waals surface area contributed by atoms with Crippen LogP contribution in [0.4, 0.5) is 0 Å². The molecule has 2 aliphatic heterocycles. The lowest BCUT2D eigenvalue weighted by atomic mass is 9.80. The second-order valence-electron chi connectivity index (χ2n) is 21.0. The minimum Gasteiger partial charge on any atom is -0.452 e. The molecule has 2 fully saturated rings. The van der Waals surface area contributed by atoms with Crippen LogP contribution in [0.1, 0.15) is 64.5 Å². The van der Waals surface area contributed by atoms with Gasteiger partial charge in [0.1, 0.15) is 36.1 Å². The largest absolute Gasteiger partial charge is 0.452 e. The zero-order valence-electron chi connectivity index (χ0n) is 47.5. The predicted octanol–water partition coefficient (Wildman–Crippen LogP) is 11.9. The third-order valence-electron chi connectivity index (χ3n) is 15.2. The third kappa shape index (κ3) is 14.8. The molecular weight excluding hydrogens is 1100 g/mol. The lowest BCUT2D eigenvalue weighted by Gasteiger charge is -2.47. The van der Waals surface area contributed by atoms with Crippen LogP contribution < -0.4 is 0 Å². The normalized spacial score (nSPS) is 21.9. The van der Waals surface area contributed by atoms with Gasteiger partial charge in [0.15, 0.2) is 30.9 Å². The Bertz CT molecular complexity index is 3440. The summed E-state index contributed by atoms with van der Waals surface area (Å²) >= 11 is 0. The maximum atomic E-state index is 14.7. The highest BCUT2D eigenvalue weighted by Gasteiger charge is 2.56. The molecule has 0 radical (unpaired) electrons. The fourth-order valence-corrected chi connectivity index (χ4v) is 10.9. The summed E-state index contributed by atoms with van der Waals surface area (Å²) in [5, 5.41) is 12.2. The molecule has 0 unspecified atom stereocenters.